The number of amides is 2. The second kappa shape index (κ2) is 5.45. The highest BCUT2D eigenvalue weighted by Crippen LogP contribution is 2.28. The molecule has 0 spiro atoms. The molecule has 104 valence electrons. The van der Waals surface area contributed by atoms with Gasteiger partial charge < -0.3 is 20.4 Å². The lowest BCUT2D eigenvalue weighted by Gasteiger charge is -2.24. The molecule has 0 bridgehead atoms. The van der Waals surface area contributed by atoms with E-state index < -0.39 is 0 Å². The van der Waals surface area contributed by atoms with Crippen molar-refractivity contribution < 1.29 is 4.79 Å². The summed E-state index contributed by atoms with van der Waals surface area (Å²) in [5.74, 6) is 0.624. The predicted molar refractivity (Wildman–Crippen MR) is 72.4 cm³/mol. The molecule has 2 N–H and O–H groups in total. The van der Waals surface area contributed by atoms with E-state index in [1.807, 2.05) is 16.8 Å². The molecule has 5 nitrogen and oxygen atoms in total. The third-order valence-corrected chi connectivity index (χ3v) is 4.52. The standard InChI is InChI=1S/C13H26N4O/c1-10(4-6-14)17-9-12(16(3)13(17)18)11-5-7-15(2)8-11/h10-12H,4-9,14H2,1-3H3. The van der Waals surface area contributed by atoms with Crippen LogP contribution in [0.3, 0.4) is 0 Å². The van der Waals surface area contributed by atoms with Crippen molar-refractivity contribution in [1.82, 2.24) is 14.7 Å². The maximum Gasteiger partial charge on any atom is 0.320 e. The van der Waals surface area contributed by atoms with Gasteiger partial charge in [0.1, 0.15) is 0 Å². The molecule has 2 aliphatic heterocycles. The molecule has 2 saturated heterocycles. The van der Waals surface area contributed by atoms with Crippen LogP contribution in [0.1, 0.15) is 19.8 Å². The zero-order chi connectivity index (χ0) is 13.3. The van der Waals surface area contributed by atoms with Crippen molar-refractivity contribution in [2.45, 2.75) is 31.8 Å². The second-order valence-corrected chi connectivity index (χ2v) is 5.85. The minimum Gasteiger partial charge on any atom is -0.330 e. The molecular formula is C13H26N4O. The molecule has 0 aromatic heterocycles. The minimum atomic E-state index is 0.176. The third-order valence-electron chi connectivity index (χ3n) is 4.52. The molecule has 3 unspecified atom stereocenters. The van der Waals surface area contributed by atoms with Gasteiger partial charge in [-0.3, -0.25) is 0 Å². The number of likely N-dealkylation sites (N-methyl/N-ethyl adjacent to an activating group) is 1. The fraction of sp³-hybridized carbons (Fsp3) is 0.923. The minimum absolute atomic E-state index is 0.176. The van der Waals surface area contributed by atoms with E-state index >= 15 is 0 Å². The zero-order valence-corrected chi connectivity index (χ0v) is 11.8. The Morgan fingerprint density at radius 3 is 2.67 bits per heavy atom. The van der Waals surface area contributed by atoms with Crippen molar-refractivity contribution in [1.29, 1.82) is 0 Å². The summed E-state index contributed by atoms with van der Waals surface area (Å²) in [5, 5.41) is 0. The molecule has 3 atom stereocenters. The molecule has 18 heavy (non-hydrogen) atoms. The van der Waals surface area contributed by atoms with Crippen LogP contribution in [0.15, 0.2) is 0 Å². The lowest BCUT2D eigenvalue weighted by atomic mass is 9.98. The zero-order valence-electron chi connectivity index (χ0n) is 11.8. The van der Waals surface area contributed by atoms with E-state index in [2.05, 4.69) is 18.9 Å². The first-order valence-corrected chi connectivity index (χ1v) is 6.96. The summed E-state index contributed by atoms with van der Waals surface area (Å²) >= 11 is 0. The summed E-state index contributed by atoms with van der Waals surface area (Å²) in [7, 11) is 4.10. The summed E-state index contributed by atoms with van der Waals surface area (Å²) in [4.78, 5) is 18.6. The molecule has 2 heterocycles. The number of hydrogen-bond donors (Lipinski definition) is 1. The highest BCUT2D eigenvalue weighted by Gasteiger charge is 2.42. The maximum atomic E-state index is 12.3. The molecule has 0 aromatic rings. The Morgan fingerprint density at radius 2 is 2.11 bits per heavy atom. The maximum absolute atomic E-state index is 12.3. The molecule has 5 heteroatoms. The van der Waals surface area contributed by atoms with Crippen LogP contribution in [0.2, 0.25) is 0 Å². The van der Waals surface area contributed by atoms with E-state index in [0.717, 1.165) is 26.1 Å². The molecule has 0 radical (unpaired) electrons. The van der Waals surface area contributed by atoms with Crippen LogP contribution in [0.25, 0.3) is 0 Å². The summed E-state index contributed by atoms with van der Waals surface area (Å²) in [6.45, 7) is 5.88. The fourth-order valence-electron chi connectivity index (χ4n) is 3.26. The van der Waals surface area contributed by atoms with Crippen LogP contribution in [0.4, 0.5) is 4.79 Å². The normalized spacial score (nSPS) is 31.4. The number of rotatable bonds is 4. The molecule has 0 saturated carbocycles. The van der Waals surface area contributed by atoms with Gasteiger partial charge in [0.25, 0.3) is 0 Å². The number of carbonyl (C=O) groups is 1. The van der Waals surface area contributed by atoms with Gasteiger partial charge in [-0.1, -0.05) is 0 Å². The number of urea groups is 1. The molecule has 2 fully saturated rings. The average Bonchev–Trinajstić information content (AvgIpc) is 2.86. The van der Waals surface area contributed by atoms with Gasteiger partial charge in [-0.05, 0) is 45.8 Å². The van der Waals surface area contributed by atoms with E-state index in [4.69, 9.17) is 5.73 Å². The number of nitrogens with two attached hydrogens (primary N) is 1. The van der Waals surface area contributed by atoms with Crippen LogP contribution < -0.4 is 5.73 Å². The monoisotopic (exact) mass is 254 g/mol. The summed E-state index contributed by atoms with van der Waals surface area (Å²) in [6, 6.07) is 0.812. The Hall–Kier alpha value is -0.810. The summed E-state index contributed by atoms with van der Waals surface area (Å²) < 4.78 is 0. The Bertz CT molecular complexity index is 309. The number of likely N-dealkylation sites (tertiary alicyclic amines) is 1. The van der Waals surface area contributed by atoms with E-state index in [0.29, 0.717) is 18.5 Å². The van der Waals surface area contributed by atoms with Crippen molar-refractivity contribution in [3.63, 3.8) is 0 Å². The van der Waals surface area contributed by atoms with Crippen LogP contribution in [-0.2, 0) is 0 Å². The third kappa shape index (κ3) is 2.47. The van der Waals surface area contributed by atoms with E-state index in [-0.39, 0.29) is 12.1 Å². The van der Waals surface area contributed by atoms with Crippen LogP contribution >= 0.6 is 0 Å². The van der Waals surface area contributed by atoms with Gasteiger partial charge in [0.05, 0.1) is 6.04 Å². The van der Waals surface area contributed by atoms with Gasteiger partial charge in [-0.2, -0.15) is 0 Å². The van der Waals surface area contributed by atoms with E-state index in [9.17, 15) is 4.79 Å². The molecule has 2 amide bonds. The largest absolute Gasteiger partial charge is 0.330 e. The molecule has 0 aliphatic carbocycles. The Balaban J connectivity index is 2.00. The van der Waals surface area contributed by atoms with Gasteiger partial charge in [-0.15, -0.1) is 0 Å². The lowest BCUT2D eigenvalue weighted by Crippen LogP contribution is -2.38. The van der Waals surface area contributed by atoms with Crippen LogP contribution in [0, 0.1) is 5.92 Å². The van der Waals surface area contributed by atoms with Crippen LogP contribution in [0.5, 0.6) is 0 Å². The SMILES string of the molecule is CC(CCN)N1CC(C2CCN(C)C2)N(C)C1=O. The van der Waals surface area contributed by atoms with Crippen molar-refractivity contribution in [2.75, 3.05) is 40.3 Å². The highest BCUT2D eigenvalue weighted by atomic mass is 16.2. The van der Waals surface area contributed by atoms with Gasteiger partial charge in [0, 0.05) is 26.2 Å². The molecular weight excluding hydrogens is 228 g/mol. The van der Waals surface area contributed by atoms with Crippen LogP contribution in [-0.4, -0.2) is 73.1 Å². The van der Waals surface area contributed by atoms with Gasteiger partial charge in [0.2, 0.25) is 0 Å². The van der Waals surface area contributed by atoms with Gasteiger partial charge in [0.15, 0.2) is 0 Å². The Labute approximate surface area is 110 Å². The molecule has 2 rings (SSSR count). The highest BCUT2D eigenvalue weighted by molar-refractivity contribution is 5.77. The number of carbonyl (C=O) groups excluding carboxylic acids is 1. The topological polar surface area (TPSA) is 52.8 Å². The van der Waals surface area contributed by atoms with Crippen molar-refractivity contribution in [3.8, 4) is 0 Å². The van der Waals surface area contributed by atoms with E-state index in [1.165, 1.54) is 6.42 Å². The summed E-state index contributed by atoms with van der Waals surface area (Å²) in [5.41, 5.74) is 5.59. The lowest BCUT2D eigenvalue weighted by molar-refractivity contribution is 0.180. The first kappa shape index (κ1) is 13.6. The number of hydrogen-bond acceptors (Lipinski definition) is 3. The Kier molecular flexibility index (Phi) is 4.12. The van der Waals surface area contributed by atoms with Gasteiger partial charge in [-0.25, -0.2) is 4.79 Å². The molecule has 2 aliphatic rings. The first-order chi connectivity index (χ1) is 8.54. The Morgan fingerprint density at radius 1 is 1.39 bits per heavy atom. The quantitative estimate of drug-likeness (QED) is 0.790. The number of nitrogens with zero attached hydrogens (tertiary/aromatic N) is 3. The second-order valence-electron chi connectivity index (χ2n) is 5.85. The first-order valence-electron chi connectivity index (χ1n) is 6.96. The predicted octanol–water partition coefficient (Wildman–Crippen LogP) is 0.411. The summed E-state index contributed by atoms with van der Waals surface area (Å²) in [6.07, 6.45) is 2.09. The fourth-order valence-corrected chi connectivity index (χ4v) is 3.26. The van der Waals surface area contributed by atoms with E-state index in [1.54, 1.807) is 0 Å². The van der Waals surface area contributed by atoms with Crippen molar-refractivity contribution in [3.05, 3.63) is 0 Å². The smallest absolute Gasteiger partial charge is 0.320 e. The van der Waals surface area contributed by atoms with Crippen molar-refractivity contribution >= 4 is 6.03 Å². The molecule has 0 aromatic carbocycles. The van der Waals surface area contributed by atoms with Crippen molar-refractivity contribution in [2.24, 2.45) is 11.7 Å². The average molecular weight is 254 g/mol. The van der Waals surface area contributed by atoms with Gasteiger partial charge >= 0.3 is 6.03 Å².